The Morgan fingerprint density at radius 3 is 2.90 bits per heavy atom. The number of aryl methyl sites for hydroxylation is 3. The van der Waals surface area contributed by atoms with Gasteiger partial charge in [0.05, 0.1) is 6.54 Å². The van der Waals surface area contributed by atoms with E-state index in [4.69, 9.17) is 5.73 Å². The second-order valence-corrected chi connectivity index (χ2v) is 6.25. The van der Waals surface area contributed by atoms with E-state index in [2.05, 4.69) is 45.6 Å². The molecule has 0 saturated carbocycles. The number of rotatable bonds is 4. The molecule has 21 heavy (non-hydrogen) atoms. The van der Waals surface area contributed by atoms with Crippen LogP contribution in [-0.2, 0) is 25.8 Å². The average molecular weight is 301 g/mol. The van der Waals surface area contributed by atoms with Crippen LogP contribution in [0.4, 0.5) is 5.69 Å². The van der Waals surface area contributed by atoms with Crippen molar-refractivity contribution in [3.63, 3.8) is 0 Å². The maximum absolute atomic E-state index is 5.93. The van der Waals surface area contributed by atoms with E-state index < -0.39 is 0 Å². The molecule has 3 rings (SSSR count). The van der Waals surface area contributed by atoms with Crippen molar-refractivity contribution in [2.75, 3.05) is 5.32 Å². The molecule has 0 saturated heterocycles. The largest absolute Gasteiger partial charge is 0.370 e. The predicted octanol–water partition coefficient (Wildman–Crippen LogP) is 2.52. The number of aromatic nitrogens is 2. The summed E-state index contributed by atoms with van der Waals surface area (Å²) < 4.78 is 0. The van der Waals surface area contributed by atoms with Crippen LogP contribution in [0.3, 0.4) is 0 Å². The molecular formula is C15H19N5S. The Morgan fingerprint density at radius 2 is 2.10 bits per heavy atom. The predicted molar refractivity (Wildman–Crippen MR) is 86.7 cm³/mol. The van der Waals surface area contributed by atoms with Crippen molar-refractivity contribution < 1.29 is 0 Å². The number of hydrogen-bond donors (Lipinski definition) is 2. The summed E-state index contributed by atoms with van der Waals surface area (Å²) in [7, 11) is 0. The zero-order chi connectivity index (χ0) is 14.7. The van der Waals surface area contributed by atoms with Crippen molar-refractivity contribution >= 4 is 23.0 Å². The van der Waals surface area contributed by atoms with Gasteiger partial charge in [0.15, 0.2) is 5.96 Å². The fourth-order valence-corrected chi connectivity index (χ4v) is 3.19. The van der Waals surface area contributed by atoms with Crippen molar-refractivity contribution in [2.24, 2.45) is 10.7 Å². The molecule has 0 amide bonds. The molecule has 2 aromatic rings. The lowest BCUT2D eigenvalue weighted by molar-refractivity contribution is 0.912. The highest BCUT2D eigenvalue weighted by Crippen LogP contribution is 2.24. The zero-order valence-corrected chi connectivity index (χ0v) is 12.9. The van der Waals surface area contributed by atoms with E-state index in [-0.39, 0.29) is 0 Å². The van der Waals surface area contributed by atoms with Crippen LogP contribution >= 0.6 is 11.3 Å². The number of nitrogens with zero attached hydrogens (tertiary/aromatic N) is 3. The molecule has 5 nitrogen and oxygen atoms in total. The van der Waals surface area contributed by atoms with Crippen LogP contribution in [0.15, 0.2) is 23.2 Å². The molecule has 6 heteroatoms. The third kappa shape index (κ3) is 3.39. The fraction of sp³-hybridized carbons (Fsp3) is 0.400. The molecule has 0 fully saturated rings. The lowest BCUT2D eigenvalue weighted by atomic mass is 10.1. The van der Waals surface area contributed by atoms with Crippen LogP contribution < -0.4 is 11.1 Å². The van der Waals surface area contributed by atoms with Gasteiger partial charge in [-0.25, -0.2) is 4.99 Å². The summed E-state index contributed by atoms with van der Waals surface area (Å²) in [5, 5.41) is 13.2. The smallest absolute Gasteiger partial charge is 0.193 e. The van der Waals surface area contributed by atoms with E-state index in [1.807, 2.05) is 0 Å². The Labute approximate surface area is 128 Å². The summed E-state index contributed by atoms with van der Waals surface area (Å²) in [5.41, 5.74) is 9.81. The SMILES string of the molecule is CCc1nnc(CN=C(N)Nc2ccc3c(c2)CCC3)s1. The summed E-state index contributed by atoms with van der Waals surface area (Å²) in [4.78, 5) is 4.32. The van der Waals surface area contributed by atoms with Gasteiger partial charge in [0, 0.05) is 5.69 Å². The van der Waals surface area contributed by atoms with Crippen molar-refractivity contribution in [1.29, 1.82) is 0 Å². The Balaban J connectivity index is 1.62. The molecule has 1 aromatic heterocycles. The van der Waals surface area contributed by atoms with E-state index >= 15 is 0 Å². The Morgan fingerprint density at radius 1 is 1.29 bits per heavy atom. The fourth-order valence-electron chi connectivity index (χ4n) is 2.48. The lowest BCUT2D eigenvalue weighted by Crippen LogP contribution is -2.22. The molecule has 0 radical (unpaired) electrons. The molecule has 1 aliphatic rings. The molecular weight excluding hydrogens is 282 g/mol. The van der Waals surface area contributed by atoms with Gasteiger partial charge in [-0.1, -0.05) is 24.3 Å². The van der Waals surface area contributed by atoms with Gasteiger partial charge in [0.1, 0.15) is 10.0 Å². The van der Waals surface area contributed by atoms with Gasteiger partial charge in [0.25, 0.3) is 0 Å². The van der Waals surface area contributed by atoms with Crippen LogP contribution in [0.2, 0.25) is 0 Å². The van der Waals surface area contributed by atoms with Gasteiger partial charge >= 0.3 is 0 Å². The molecule has 0 unspecified atom stereocenters. The Kier molecular flexibility index (Phi) is 4.15. The third-order valence-corrected chi connectivity index (χ3v) is 4.62. The first-order valence-corrected chi connectivity index (χ1v) is 8.06. The number of aliphatic imine (C=N–C) groups is 1. The number of fused-ring (bicyclic) bond motifs is 1. The van der Waals surface area contributed by atoms with Gasteiger partial charge in [-0.05, 0) is 48.9 Å². The van der Waals surface area contributed by atoms with E-state index in [1.54, 1.807) is 11.3 Å². The van der Waals surface area contributed by atoms with Crippen molar-refractivity contribution in [1.82, 2.24) is 10.2 Å². The quantitative estimate of drug-likeness (QED) is 0.672. The minimum atomic E-state index is 0.418. The summed E-state index contributed by atoms with van der Waals surface area (Å²) >= 11 is 1.58. The molecule has 0 bridgehead atoms. The standard InChI is InChI=1S/C15H19N5S/c1-2-13-19-20-14(21-13)9-17-15(16)18-12-7-6-10-4-3-5-11(10)8-12/h6-8H,2-5,9H2,1H3,(H3,16,17,18). The van der Waals surface area contributed by atoms with E-state index in [1.165, 1.54) is 24.0 Å². The topological polar surface area (TPSA) is 76.2 Å². The summed E-state index contributed by atoms with van der Waals surface area (Å²) in [6.45, 7) is 2.54. The van der Waals surface area contributed by atoms with Gasteiger partial charge < -0.3 is 11.1 Å². The highest BCUT2D eigenvalue weighted by Gasteiger charge is 2.10. The summed E-state index contributed by atoms with van der Waals surface area (Å²) in [5.74, 6) is 0.418. The molecule has 110 valence electrons. The first kappa shape index (κ1) is 14.0. The van der Waals surface area contributed by atoms with Crippen molar-refractivity contribution in [3.8, 4) is 0 Å². The van der Waals surface area contributed by atoms with Gasteiger partial charge in [0.2, 0.25) is 0 Å². The molecule has 0 spiro atoms. The van der Waals surface area contributed by atoms with E-state index in [0.29, 0.717) is 12.5 Å². The second kappa shape index (κ2) is 6.22. The Bertz CT molecular complexity index is 662. The van der Waals surface area contributed by atoms with Crippen LogP contribution in [0.25, 0.3) is 0 Å². The first-order chi connectivity index (χ1) is 10.2. The average Bonchev–Trinajstić information content (AvgIpc) is 3.13. The van der Waals surface area contributed by atoms with E-state index in [0.717, 1.165) is 28.5 Å². The monoisotopic (exact) mass is 301 g/mol. The minimum Gasteiger partial charge on any atom is -0.370 e. The first-order valence-electron chi connectivity index (χ1n) is 7.24. The third-order valence-electron chi connectivity index (χ3n) is 3.57. The van der Waals surface area contributed by atoms with Crippen molar-refractivity contribution in [3.05, 3.63) is 39.3 Å². The number of nitrogens with two attached hydrogens (primary N) is 1. The number of nitrogens with one attached hydrogen (secondary N) is 1. The second-order valence-electron chi connectivity index (χ2n) is 5.11. The van der Waals surface area contributed by atoms with Crippen molar-refractivity contribution in [2.45, 2.75) is 39.2 Å². The number of guanidine groups is 1. The molecule has 1 aromatic carbocycles. The molecule has 1 aliphatic carbocycles. The van der Waals surface area contributed by atoms with Crippen LogP contribution in [0.1, 0.15) is 34.5 Å². The lowest BCUT2D eigenvalue weighted by Gasteiger charge is -2.07. The van der Waals surface area contributed by atoms with Gasteiger partial charge in [-0.2, -0.15) is 0 Å². The zero-order valence-electron chi connectivity index (χ0n) is 12.1. The maximum atomic E-state index is 5.93. The number of anilines is 1. The Hall–Kier alpha value is -1.95. The molecule has 0 atom stereocenters. The molecule has 0 aliphatic heterocycles. The summed E-state index contributed by atoms with van der Waals surface area (Å²) in [6.07, 6.45) is 4.51. The van der Waals surface area contributed by atoms with Gasteiger partial charge in [-0.15, -0.1) is 10.2 Å². The van der Waals surface area contributed by atoms with Gasteiger partial charge in [-0.3, -0.25) is 0 Å². The normalized spacial score (nSPS) is 14.2. The minimum absolute atomic E-state index is 0.418. The maximum Gasteiger partial charge on any atom is 0.193 e. The highest BCUT2D eigenvalue weighted by molar-refractivity contribution is 7.11. The number of benzene rings is 1. The van der Waals surface area contributed by atoms with E-state index in [9.17, 15) is 0 Å². The highest BCUT2D eigenvalue weighted by atomic mass is 32.1. The van der Waals surface area contributed by atoms with Crippen LogP contribution in [0.5, 0.6) is 0 Å². The van der Waals surface area contributed by atoms with Crippen LogP contribution in [-0.4, -0.2) is 16.2 Å². The van der Waals surface area contributed by atoms with Crippen LogP contribution in [0, 0.1) is 0 Å². The number of hydrogen-bond acceptors (Lipinski definition) is 4. The summed E-state index contributed by atoms with van der Waals surface area (Å²) in [6, 6.07) is 6.41. The molecule has 3 N–H and O–H groups in total. The molecule has 1 heterocycles.